The van der Waals surface area contributed by atoms with Crippen LogP contribution < -0.4 is 4.90 Å². The number of thioether (sulfide) groups is 1. The van der Waals surface area contributed by atoms with Gasteiger partial charge in [0.25, 0.3) is 0 Å². The third-order valence-corrected chi connectivity index (χ3v) is 3.32. The Morgan fingerprint density at radius 3 is 2.87 bits per heavy atom. The zero-order valence-electron chi connectivity index (χ0n) is 9.49. The van der Waals surface area contributed by atoms with Crippen molar-refractivity contribution in [1.29, 1.82) is 0 Å². The molecule has 0 aromatic carbocycles. The summed E-state index contributed by atoms with van der Waals surface area (Å²) in [4.78, 5) is 10.3. The van der Waals surface area contributed by atoms with E-state index in [0.717, 1.165) is 17.1 Å². The number of anilines is 1. The highest BCUT2D eigenvalue weighted by Gasteiger charge is 2.13. The summed E-state index contributed by atoms with van der Waals surface area (Å²) in [6, 6.07) is 0.435. The Kier molecular flexibility index (Phi) is 4.67. The molecule has 0 aliphatic rings. The molecule has 0 aliphatic carbocycles. The SMILES string of the molecule is CSCC(C)N(C)c1nc(Cl)ncc1C. The Balaban J connectivity index is 2.89. The maximum atomic E-state index is 5.79. The Hall–Kier alpha value is -0.480. The maximum Gasteiger partial charge on any atom is 0.224 e. The minimum atomic E-state index is 0.304. The summed E-state index contributed by atoms with van der Waals surface area (Å²) in [5, 5.41) is 0.304. The lowest BCUT2D eigenvalue weighted by molar-refractivity contribution is 0.748. The van der Waals surface area contributed by atoms with E-state index in [1.807, 2.05) is 25.7 Å². The molecule has 0 radical (unpaired) electrons. The van der Waals surface area contributed by atoms with Crippen molar-refractivity contribution >= 4 is 29.2 Å². The van der Waals surface area contributed by atoms with Crippen LogP contribution in [0.15, 0.2) is 6.20 Å². The molecule has 0 saturated carbocycles. The third kappa shape index (κ3) is 3.24. The van der Waals surface area contributed by atoms with Gasteiger partial charge < -0.3 is 4.90 Å². The van der Waals surface area contributed by atoms with Crippen molar-refractivity contribution in [3.05, 3.63) is 17.0 Å². The fraction of sp³-hybridized carbons (Fsp3) is 0.600. The predicted octanol–water partition coefficient (Wildman–Crippen LogP) is 2.63. The third-order valence-electron chi connectivity index (χ3n) is 2.32. The van der Waals surface area contributed by atoms with Crippen LogP contribution in [0.5, 0.6) is 0 Å². The summed E-state index contributed by atoms with van der Waals surface area (Å²) in [5.41, 5.74) is 1.05. The Bertz CT molecular complexity index is 332. The van der Waals surface area contributed by atoms with Crippen molar-refractivity contribution in [2.75, 3.05) is 24.0 Å². The number of hydrogen-bond acceptors (Lipinski definition) is 4. The van der Waals surface area contributed by atoms with E-state index in [1.54, 1.807) is 6.20 Å². The number of aryl methyl sites for hydroxylation is 1. The molecule has 0 bridgehead atoms. The molecule has 1 atom stereocenters. The van der Waals surface area contributed by atoms with Crippen LogP contribution >= 0.6 is 23.4 Å². The smallest absolute Gasteiger partial charge is 0.224 e. The van der Waals surface area contributed by atoms with Gasteiger partial charge in [-0.3, -0.25) is 0 Å². The molecule has 0 amide bonds. The van der Waals surface area contributed by atoms with Gasteiger partial charge in [-0.25, -0.2) is 9.97 Å². The van der Waals surface area contributed by atoms with E-state index in [1.165, 1.54) is 0 Å². The van der Waals surface area contributed by atoms with Crippen LogP contribution in [-0.2, 0) is 0 Å². The number of aromatic nitrogens is 2. The first-order valence-corrected chi connectivity index (χ1v) is 6.54. The Morgan fingerprint density at radius 1 is 1.60 bits per heavy atom. The van der Waals surface area contributed by atoms with Crippen LogP contribution in [-0.4, -0.2) is 35.1 Å². The van der Waals surface area contributed by atoms with Crippen LogP contribution in [0.4, 0.5) is 5.82 Å². The van der Waals surface area contributed by atoms with Gasteiger partial charge in [0.2, 0.25) is 5.28 Å². The summed E-state index contributed by atoms with van der Waals surface area (Å²) < 4.78 is 0. The molecule has 0 N–H and O–H groups in total. The molecule has 5 heteroatoms. The molecule has 3 nitrogen and oxygen atoms in total. The van der Waals surface area contributed by atoms with Gasteiger partial charge in [-0.15, -0.1) is 0 Å². The monoisotopic (exact) mass is 245 g/mol. The van der Waals surface area contributed by atoms with Crippen molar-refractivity contribution in [1.82, 2.24) is 9.97 Å². The molecule has 1 aromatic rings. The highest BCUT2D eigenvalue weighted by Crippen LogP contribution is 2.19. The van der Waals surface area contributed by atoms with Crippen molar-refractivity contribution < 1.29 is 0 Å². The summed E-state index contributed by atoms with van der Waals surface area (Å²) in [7, 11) is 2.03. The Labute approximate surface area is 100 Å². The van der Waals surface area contributed by atoms with Crippen LogP contribution in [0.25, 0.3) is 0 Å². The summed E-state index contributed by atoms with van der Waals surface area (Å²) >= 11 is 7.61. The molecule has 1 heterocycles. The summed E-state index contributed by atoms with van der Waals surface area (Å²) in [6.07, 6.45) is 3.86. The van der Waals surface area contributed by atoms with E-state index >= 15 is 0 Å². The van der Waals surface area contributed by atoms with Gasteiger partial charge >= 0.3 is 0 Å². The average Bonchev–Trinajstić information content (AvgIpc) is 2.21. The summed E-state index contributed by atoms with van der Waals surface area (Å²) in [5.74, 6) is 1.98. The molecule has 15 heavy (non-hydrogen) atoms. The zero-order valence-corrected chi connectivity index (χ0v) is 11.1. The average molecular weight is 246 g/mol. The zero-order chi connectivity index (χ0) is 11.4. The van der Waals surface area contributed by atoms with E-state index < -0.39 is 0 Å². The second kappa shape index (κ2) is 5.56. The Morgan fingerprint density at radius 2 is 2.27 bits per heavy atom. The first-order valence-electron chi connectivity index (χ1n) is 4.77. The van der Waals surface area contributed by atoms with Gasteiger partial charge in [-0.2, -0.15) is 11.8 Å². The highest BCUT2D eigenvalue weighted by molar-refractivity contribution is 7.98. The number of nitrogens with zero attached hydrogens (tertiary/aromatic N) is 3. The number of rotatable bonds is 4. The molecule has 0 spiro atoms. The van der Waals surface area contributed by atoms with Crippen LogP contribution in [0.3, 0.4) is 0 Å². The van der Waals surface area contributed by atoms with Crippen molar-refractivity contribution in [2.45, 2.75) is 19.9 Å². The minimum Gasteiger partial charge on any atom is -0.356 e. The fourth-order valence-corrected chi connectivity index (χ4v) is 2.17. The highest BCUT2D eigenvalue weighted by atomic mass is 35.5. The fourth-order valence-electron chi connectivity index (χ4n) is 1.33. The molecular formula is C10H16ClN3S. The van der Waals surface area contributed by atoms with Crippen LogP contribution in [0.2, 0.25) is 5.28 Å². The molecule has 1 unspecified atom stereocenters. The van der Waals surface area contributed by atoms with E-state index in [9.17, 15) is 0 Å². The number of halogens is 1. The van der Waals surface area contributed by atoms with E-state index in [4.69, 9.17) is 11.6 Å². The van der Waals surface area contributed by atoms with Crippen LogP contribution in [0, 0.1) is 6.92 Å². The predicted molar refractivity (Wildman–Crippen MR) is 68.0 cm³/mol. The van der Waals surface area contributed by atoms with E-state index in [2.05, 4.69) is 28.0 Å². The quantitative estimate of drug-likeness (QED) is 0.763. The maximum absolute atomic E-state index is 5.79. The molecule has 0 aliphatic heterocycles. The van der Waals surface area contributed by atoms with Gasteiger partial charge in [-0.1, -0.05) is 0 Å². The van der Waals surface area contributed by atoms with Crippen molar-refractivity contribution in [2.24, 2.45) is 0 Å². The minimum absolute atomic E-state index is 0.304. The van der Waals surface area contributed by atoms with Gasteiger partial charge in [0.15, 0.2) is 0 Å². The number of hydrogen-bond donors (Lipinski definition) is 0. The second-order valence-corrected chi connectivity index (χ2v) is 4.81. The molecule has 1 rings (SSSR count). The van der Waals surface area contributed by atoms with Gasteiger partial charge in [0.1, 0.15) is 5.82 Å². The second-order valence-electron chi connectivity index (χ2n) is 3.56. The van der Waals surface area contributed by atoms with Gasteiger partial charge in [-0.05, 0) is 31.7 Å². The first-order chi connectivity index (χ1) is 7.06. The topological polar surface area (TPSA) is 29.0 Å². The largest absolute Gasteiger partial charge is 0.356 e. The molecule has 0 fully saturated rings. The van der Waals surface area contributed by atoms with Crippen LogP contribution in [0.1, 0.15) is 12.5 Å². The lowest BCUT2D eigenvalue weighted by Crippen LogP contribution is -2.32. The molecule has 84 valence electrons. The van der Waals surface area contributed by atoms with Gasteiger partial charge in [0, 0.05) is 30.6 Å². The standard InChI is InChI=1S/C10H16ClN3S/c1-7-5-12-10(11)13-9(7)14(3)8(2)6-15-4/h5,8H,6H2,1-4H3. The molecular weight excluding hydrogens is 230 g/mol. The summed E-state index contributed by atoms with van der Waals surface area (Å²) in [6.45, 7) is 4.17. The van der Waals surface area contributed by atoms with E-state index in [0.29, 0.717) is 11.3 Å². The molecule has 1 aromatic heterocycles. The normalized spacial score (nSPS) is 12.6. The van der Waals surface area contributed by atoms with Crippen molar-refractivity contribution in [3.63, 3.8) is 0 Å². The van der Waals surface area contributed by atoms with Gasteiger partial charge in [0.05, 0.1) is 0 Å². The molecule has 0 saturated heterocycles. The first kappa shape index (κ1) is 12.6. The van der Waals surface area contributed by atoms with E-state index in [-0.39, 0.29) is 0 Å². The lowest BCUT2D eigenvalue weighted by atomic mass is 10.3. The van der Waals surface area contributed by atoms with Crippen molar-refractivity contribution in [3.8, 4) is 0 Å². The lowest BCUT2D eigenvalue weighted by Gasteiger charge is -2.26.